The predicted molar refractivity (Wildman–Crippen MR) is 88.1 cm³/mol. The highest BCUT2D eigenvalue weighted by atomic mass is 16.6. The Labute approximate surface area is 138 Å². The molecule has 0 radical (unpaired) electrons. The van der Waals surface area contributed by atoms with Crippen molar-refractivity contribution in [1.82, 2.24) is 20.2 Å². The number of alkyl carbamates (subject to hydrolysis) is 1. The summed E-state index contributed by atoms with van der Waals surface area (Å²) in [5, 5.41) is 6.49. The first kappa shape index (κ1) is 16.3. The summed E-state index contributed by atoms with van der Waals surface area (Å²) in [6, 6.07) is 0.788. The zero-order chi connectivity index (χ0) is 16.4. The molecule has 0 aromatic carbocycles. The van der Waals surface area contributed by atoms with Crippen LogP contribution in [0.4, 0.5) is 4.79 Å². The Balaban J connectivity index is 1.46. The summed E-state index contributed by atoms with van der Waals surface area (Å²) in [7, 11) is 0. The topological polar surface area (TPSA) is 68.2 Å². The maximum absolute atomic E-state index is 12.0. The average Bonchev–Trinajstić information content (AvgIpc) is 3.35. The van der Waals surface area contributed by atoms with Crippen LogP contribution in [0.2, 0.25) is 0 Å². The van der Waals surface area contributed by atoms with E-state index in [0.717, 1.165) is 13.1 Å². The number of imidazole rings is 1. The summed E-state index contributed by atoms with van der Waals surface area (Å²) in [6.45, 7) is 7.21. The lowest BCUT2D eigenvalue weighted by Crippen LogP contribution is -2.45. The fraction of sp³-hybridized carbons (Fsp3) is 0.765. The molecule has 1 aromatic rings. The number of amides is 1. The van der Waals surface area contributed by atoms with Gasteiger partial charge in [0.05, 0.1) is 12.0 Å². The van der Waals surface area contributed by atoms with Crippen LogP contribution in [-0.2, 0) is 11.3 Å². The van der Waals surface area contributed by atoms with Gasteiger partial charge in [-0.05, 0) is 52.4 Å². The number of nitrogens with one attached hydrogen (secondary N) is 2. The molecular formula is C17H28N4O2. The van der Waals surface area contributed by atoms with Crippen LogP contribution >= 0.6 is 0 Å². The van der Waals surface area contributed by atoms with E-state index in [-0.39, 0.29) is 12.1 Å². The van der Waals surface area contributed by atoms with E-state index in [1.54, 1.807) is 0 Å². The molecule has 6 heteroatoms. The molecule has 2 fully saturated rings. The van der Waals surface area contributed by atoms with E-state index in [1.807, 2.05) is 33.3 Å². The largest absolute Gasteiger partial charge is 0.444 e. The predicted octanol–water partition coefficient (Wildman–Crippen LogP) is 2.61. The third kappa shape index (κ3) is 4.96. The number of hydrogen-bond acceptors (Lipinski definition) is 4. The van der Waals surface area contributed by atoms with Gasteiger partial charge < -0.3 is 19.9 Å². The van der Waals surface area contributed by atoms with E-state index in [9.17, 15) is 4.79 Å². The minimum absolute atomic E-state index is 0.141. The zero-order valence-electron chi connectivity index (χ0n) is 14.3. The molecule has 2 N–H and O–H groups in total. The van der Waals surface area contributed by atoms with Gasteiger partial charge in [0.2, 0.25) is 0 Å². The molecule has 6 nitrogen and oxygen atoms in total. The lowest BCUT2D eigenvalue weighted by Gasteiger charge is -2.24. The third-order valence-corrected chi connectivity index (χ3v) is 4.25. The molecule has 1 unspecified atom stereocenters. The van der Waals surface area contributed by atoms with Crippen LogP contribution in [0.3, 0.4) is 0 Å². The molecule has 3 rings (SSSR count). The summed E-state index contributed by atoms with van der Waals surface area (Å²) in [6.07, 6.45) is 8.41. The van der Waals surface area contributed by atoms with Crippen molar-refractivity contribution in [2.75, 3.05) is 6.54 Å². The van der Waals surface area contributed by atoms with Gasteiger partial charge in [0.15, 0.2) is 0 Å². The number of carbonyl (C=O) groups is 1. The molecule has 23 heavy (non-hydrogen) atoms. The Kier molecular flexibility index (Phi) is 4.62. The second kappa shape index (κ2) is 6.51. The number of nitrogens with zero attached hydrogens (tertiary/aromatic N) is 2. The number of rotatable bonds is 7. The smallest absolute Gasteiger partial charge is 0.407 e. The summed E-state index contributed by atoms with van der Waals surface area (Å²) in [4.78, 5) is 16.2. The van der Waals surface area contributed by atoms with Gasteiger partial charge in [0.1, 0.15) is 5.60 Å². The van der Waals surface area contributed by atoms with Crippen LogP contribution in [0.15, 0.2) is 12.5 Å². The maximum Gasteiger partial charge on any atom is 0.407 e. The standard InChI is InChI=1S/C17H28N4O2/c1-17(2,3)23-16(22)20-15(12-4-5-12)10-18-8-14-9-19-11-21(14)13-6-7-13/h9,11-13,15,18H,4-8,10H2,1-3H3,(H,20,22). The summed E-state index contributed by atoms with van der Waals surface area (Å²) in [5.41, 5.74) is 0.766. The molecule has 1 amide bonds. The van der Waals surface area contributed by atoms with Gasteiger partial charge in [-0.2, -0.15) is 0 Å². The van der Waals surface area contributed by atoms with Crippen LogP contribution in [0, 0.1) is 5.92 Å². The van der Waals surface area contributed by atoms with Crippen LogP contribution in [0.25, 0.3) is 0 Å². The van der Waals surface area contributed by atoms with E-state index in [4.69, 9.17) is 4.74 Å². The van der Waals surface area contributed by atoms with E-state index in [1.165, 1.54) is 31.4 Å². The second-order valence-electron chi connectivity index (χ2n) is 7.74. The van der Waals surface area contributed by atoms with Crippen molar-refractivity contribution in [2.45, 2.75) is 70.7 Å². The van der Waals surface area contributed by atoms with Crippen molar-refractivity contribution in [3.05, 3.63) is 18.2 Å². The molecule has 2 saturated carbocycles. The fourth-order valence-corrected chi connectivity index (χ4v) is 2.80. The Morgan fingerprint density at radius 1 is 1.39 bits per heavy atom. The molecule has 1 heterocycles. The van der Waals surface area contributed by atoms with Crippen molar-refractivity contribution in [3.8, 4) is 0 Å². The lowest BCUT2D eigenvalue weighted by atomic mass is 10.2. The molecule has 0 aliphatic heterocycles. The van der Waals surface area contributed by atoms with Crippen molar-refractivity contribution in [2.24, 2.45) is 5.92 Å². The molecule has 1 atom stereocenters. The summed E-state index contributed by atoms with van der Waals surface area (Å²) >= 11 is 0. The van der Waals surface area contributed by atoms with Crippen molar-refractivity contribution < 1.29 is 9.53 Å². The molecule has 2 aliphatic rings. The minimum Gasteiger partial charge on any atom is -0.444 e. The van der Waals surface area contributed by atoms with Crippen molar-refractivity contribution >= 4 is 6.09 Å². The molecule has 0 spiro atoms. The van der Waals surface area contributed by atoms with Crippen molar-refractivity contribution in [3.63, 3.8) is 0 Å². The van der Waals surface area contributed by atoms with Crippen LogP contribution < -0.4 is 10.6 Å². The highest BCUT2D eigenvalue weighted by Crippen LogP contribution is 2.35. The Morgan fingerprint density at radius 3 is 2.74 bits per heavy atom. The van der Waals surface area contributed by atoms with Crippen LogP contribution in [-0.4, -0.2) is 33.8 Å². The van der Waals surface area contributed by atoms with E-state index >= 15 is 0 Å². The third-order valence-electron chi connectivity index (χ3n) is 4.25. The fourth-order valence-electron chi connectivity index (χ4n) is 2.80. The lowest BCUT2D eigenvalue weighted by molar-refractivity contribution is 0.0497. The minimum atomic E-state index is -0.456. The Morgan fingerprint density at radius 2 is 2.13 bits per heavy atom. The zero-order valence-corrected chi connectivity index (χ0v) is 14.3. The number of ether oxygens (including phenoxy) is 1. The average molecular weight is 320 g/mol. The molecule has 0 saturated heterocycles. The molecular weight excluding hydrogens is 292 g/mol. The Bertz CT molecular complexity index is 541. The van der Waals surface area contributed by atoms with E-state index in [2.05, 4.69) is 20.2 Å². The number of hydrogen-bond donors (Lipinski definition) is 2. The molecule has 0 bridgehead atoms. The number of carbonyl (C=O) groups excluding carboxylic acids is 1. The first-order valence-electron chi connectivity index (χ1n) is 8.63. The van der Waals surface area contributed by atoms with Gasteiger partial charge in [-0.3, -0.25) is 0 Å². The van der Waals surface area contributed by atoms with E-state index in [0.29, 0.717) is 12.0 Å². The molecule has 1 aromatic heterocycles. The molecule has 128 valence electrons. The second-order valence-corrected chi connectivity index (χ2v) is 7.74. The SMILES string of the molecule is CC(C)(C)OC(=O)NC(CNCc1cncn1C1CC1)C1CC1. The van der Waals surface area contributed by atoms with Gasteiger partial charge in [0.25, 0.3) is 0 Å². The van der Waals surface area contributed by atoms with Gasteiger partial charge in [-0.25, -0.2) is 9.78 Å². The normalized spacial score (nSPS) is 19.4. The van der Waals surface area contributed by atoms with Crippen LogP contribution in [0.5, 0.6) is 0 Å². The Hall–Kier alpha value is -1.56. The monoisotopic (exact) mass is 320 g/mol. The van der Waals surface area contributed by atoms with E-state index < -0.39 is 5.60 Å². The highest BCUT2D eigenvalue weighted by molar-refractivity contribution is 5.68. The van der Waals surface area contributed by atoms with Gasteiger partial charge in [0, 0.05) is 31.4 Å². The van der Waals surface area contributed by atoms with Gasteiger partial charge in [-0.1, -0.05) is 0 Å². The quantitative estimate of drug-likeness (QED) is 0.810. The van der Waals surface area contributed by atoms with Crippen molar-refractivity contribution in [1.29, 1.82) is 0 Å². The first-order valence-corrected chi connectivity index (χ1v) is 8.63. The van der Waals surface area contributed by atoms with Gasteiger partial charge >= 0.3 is 6.09 Å². The summed E-state index contributed by atoms with van der Waals surface area (Å²) < 4.78 is 7.63. The maximum atomic E-state index is 12.0. The van der Waals surface area contributed by atoms with Crippen LogP contribution in [0.1, 0.15) is 58.2 Å². The molecule has 2 aliphatic carbocycles. The number of aromatic nitrogens is 2. The highest BCUT2D eigenvalue weighted by Gasteiger charge is 2.33. The first-order chi connectivity index (χ1) is 10.9. The van der Waals surface area contributed by atoms with Gasteiger partial charge in [-0.15, -0.1) is 0 Å². The summed E-state index contributed by atoms with van der Waals surface area (Å²) in [5.74, 6) is 0.573.